The Labute approximate surface area is 310 Å². The second-order valence-electron chi connectivity index (χ2n) is 12.3. The molecule has 0 aliphatic rings. The largest absolute Gasteiger partial charge is 0.493 e. The summed E-state index contributed by atoms with van der Waals surface area (Å²) in [4.78, 5) is 46.9. The third-order valence-corrected chi connectivity index (χ3v) is 6.90. The number of carbonyl (C=O) groups is 2. The molecule has 0 spiro atoms. The van der Waals surface area contributed by atoms with Gasteiger partial charge in [0.05, 0.1) is 13.2 Å². The number of rotatable bonds is 14. The van der Waals surface area contributed by atoms with E-state index in [1.807, 2.05) is 13.8 Å². The monoisotopic (exact) mass is 740 g/mol. The van der Waals surface area contributed by atoms with Crippen molar-refractivity contribution in [2.75, 3.05) is 26.3 Å². The van der Waals surface area contributed by atoms with Crippen molar-refractivity contribution in [3.63, 3.8) is 0 Å². The summed E-state index contributed by atoms with van der Waals surface area (Å²) in [5.41, 5.74) is 10.7. The highest BCUT2D eigenvalue weighted by atomic mass is 16.5. The predicted molar refractivity (Wildman–Crippen MR) is 210 cm³/mol. The summed E-state index contributed by atoms with van der Waals surface area (Å²) in [6, 6.07) is 8.94. The van der Waals surface area contributed by atoms with Crippen molar-refractivity contribution in [1.29, 1.82) is 0 Å². The zero-order valence-electron chi connectivity index (χ0n) is 31.7. The molecule has 2 heterocycles. The van der Waals surface area contributed by atoms with Crippen molar-refractivity contribution in [2.24, 2.45) is 23.3 Å². The molecule has 0 saturated heterocycles. The fourth-order valence-electron chi connectivity index (χ4n) is 4.47. The highest BCUT2D eigenvalue weighted by Crippen LogP contribution is 2.29. The van der Waals surface area contributed by atoms with Gasteiger partial charge in [0.1, 0.15) is 33.4 Å². The van der Waals surface area contributed by atoms with Gasteiger partial charge < -0.3 is 45.5 Å². The van der Waals surface area contributed by atoms with Gasteiger partial charge in [-0.05, 0) is 73.9 Å². The van der Waals surface area contributed by atoms with Gasteiger partial charge in [-0.25, -0.2) is 9.59 Å². The third-order valence-electron chi connectivity index (χ3n) is 6.90. The minimum Gasteiger partial charge on any atom is -0.493 e. The van der Waals surface area contributed by atoms with Gasteiger partial charge >= 0.3 is 11.9 Å². The first kappa shape index (κ1) is 47.8. The first-order valence-corrected chi connectivity index (χ1v) is 17.2. The molecule has 4 rings (SSSR count). The van der Waals surface area contributed by atoms with Crippen LogP contribution in [0.25, 0.3) is 21.9 Å². The van der Waals surface area contributed by atoms with Crippen molar-refractivity contribution in [3.8, 4) is 11.5 Å². The van der Waals surface area contributed by atoms with E-state index in [-0.39, 0.29) is 38.9 Å². The van der Waals surface area contributed by atoms with Crippen molar-refractivity contribution < 1.29 is 43.6 Å². The fraction of sp³-hybridized carbons (Fsp3) is 0.400. The maximum absolute atomic E-state index is 12.3. The first-order valence-electron chi connectivity index (χ1n) is 17.2. The van der Waals surface area contributed by atoms with Crippen LogP contribution >= 0.6 is 0 Å². The van der Waals surface area contributed by atoms with Crippen LogP contribution in [0.2, 0.25) is 0 Å². The van der Waals surface area contributed by atoms with E-state index in [9.17, 15) is 19.2 Å². The maximum atomic E-state index is 12.3. The van der Waals surface area contributed by atoms with Crippen LogP contribution in [0.15, 0.2) is 80.1 Å². The summed E-state index contributed by atoms with van der Waals surface area (Å²) in [5, 5.41) is 18.7. The smallest absolute Gasteiger partial charge is 0.371 e. The van der Waals surface area contributed by atoms with E-state index in [1.54, 1.807) is 36.4 Å². The van der Waals surface area contributed by atoms with E-state index < -0.39 is 22.8 Å². The second-order valence-corrected chi connectivity index (χ2v) is 12.3. The van der Waals surface area contributed by atoms with Crippen molar-refractivity contribution in [3.05, 3.63) is 105 Å². The summed E-state index contributed by atoms with van der Waals surface area (Å²) in [6.07, 6.45) is 5.98. The number of ether oxygens (including phenoxy) is 2. The van der Waals surface area contributed by atoms with Crippen molar-refractivity contribution in [1.82, 2.24) is 0 Å². The van der Waals surface area contributed by atoms with Gasteiger partial charge in [-0.15, -0.1) is 13.2 Å². The summed E-state index contributed by atoms with van der Waals surface area (Å²) in [6.45, 7) is 21.9. The third kappa shape index (κ3) is 15.1. The van der Waals surface area contributed by atoms with Gasteiger partial charge in [-0.2, -0.15) is 0 Å². The zero-order valence-corrected chi connectivity index (χ0v) is 31.7. The van der Waals surface area contributed by atoms with E-state index in [4.69, 9.17) is 40.0 Å². The van der Waals surface area contributed by atoms with Gasteiger partial charge in [0.15, 0.2) is 10.9 Å². The maximum Gasteiger partial charge on any atom is 0.371 e. The van der Waals surface area contributed by atoms with E-state index >= 15 is 0 Å². The number of hydrogen-bond donors (Lipinski definition) is 4. The number of nitrogens with two attached hydrogens (primary N) is 2. The minimum absolute atomic E-state index is 0. The van der Waals surface area contributed by atoms with Gasteiger partial charge in [-0.3, -0.25) is 9.59 Å². The molecule has 13 nitrogen and oxygen atoms in total. The topological polar surface area (TPSA) is 237 Å². The fourth-order valence-corrected chi connectivity index (χ4v) is 4.47. The Morgan fingerprint density at radius 3 is 1.30 bits per heavy atom. The van der Waals surface area contributed by atoms with E-state index in [0.717, 1.165) is 38.1 Å². The number of fused-ring (bicyclic) bond motifs is 2. The Morgan fingerprint density at radius 2 is 1.04 bits per heavy atom. The Bertz CT molecular complexity index is 1750. The summed E-state index contributed by atoms with van der Waals surface area (Å²) >= 11 is 0. The van der Waals surface area contributed by atoms with Crippen LogP contribution in [0.1, 0.15) is 86.6 Å². The van der Waals surface area contributed by atoms with Crippen LogP contribution in [0.3, 0.4) is 0 Å². The molecule has 8 N–H and O–H groups in total. The Kier molecular flexibility index (Phi) is 22.4. The Hall–Kier alpha value is -5.24. The number of hydrogen-bond acceptors (Lipinski definition) is 10. The summed E-state index contributed by atoms with van der Waals surface area (Å²) < 4.78 is 22.3. The lowest BCUT2D eigenvalue weighted by Crippen LogP contribution is -2.10. The van der Waals surface area contributed by atoms with Crippen LogP contribution in [0, 0.1) is 11.8 Å². The van der Waals surface area contributed by atoms with Crippen molar-refractivity contribution in [2.45, 2.75) is 67.2 Å². The average Bonchev–Trinajstić information content (AvgIpc) is 3.07. The number of benzene rings is 2. The minimum atomic E-state index is -1.28. The quantitative estimate of drug-likeness (QED) is 0.103. The van der Waals surface area contributed by atoms with Crippen molar-refractivity contribution >= 4 is 33.9 Å². The normalized spacial score (nSPS) is 10.2. The lowest BCUT2D eigenvalue weighted by atomic mass is 10.1. The molecular formula is C40H56N2O11. The molecule has 13 heteroatoms. The SMILES string of the molecule is C=CCc1ccc(OCCC(C)C)c2c(=O)cc(C(=O)O)oc12.C=CCc1ccc(OCCC(C)C)c2c(=O)cc(C(=O)O)oc12.CCN.CCN.O. The lowest BCUT2D eigenvalue weighted by Gasteiger charge is -2.12. The molecule has 2 aromatic carbocycles. The number of carboxylic acids is 2. The molecule has 53 heavy (non-hydrogen) atoms. The van der Waals surface area contributed by atoms with Gasteiger partial charge in [0, 0.05) is 12.1 Å². The highest BCUT2D eigenvalue weighted by molar-refractivity contribution is 5.92. The molecule has 0 saturated carbocycles. The average molecular weight is 741 g/mol. The molecular weight excluding hydrogens is 684 g/mol. The molecule has 0 radical (unpaired) electrons. The first-order chi connectivity index (χ1) is 24.7. The molecule has 0 aliphatic heterocycles. The molecule has 0 bridgehead atoms. The van der Waals surface area contributed by atoms with Crippen LogP contribution in [-0.2, 0) is 12.8 Å². The highest BCUT2D eigenvalue weighted by Gasteiger charge is 2.18. The van der Waals surface area contributed by atoms with Crippen LogP contribution < -0.4 is 31.8 Å². The number of aromatic carboxylic acids is 2. The number of allylic oxidation sites excluding steroid dienone is 2. The Balaban J connectivity index is 0.000000874. The molecule has 0 unspecified atom stereocenters. The van der Waals surface area contributed by atoms with E-state index in [2.05, 4.69) is 40.9 Å². The Morgan fingerprint density at radius 1 is 0.717 bits per heavy atom. The lowest BCUT2D eigenvalue weighted by molar-refractivity contribution is 0.0653. The van der Waals surface area contributed by atoms with E-state index in [0.29, 0.717) is 60.5 Å². The van der Waals surface area contributed by atoms with Crippen LogP contribution in [-0.4, -0.2) is 53.9 Å². The van der Waals surface area contributed by atoms with Crippen LogP contribution in [0.5, 0.6) is 11.5 Å². The molecule has 0 amide bonds. The predicted octanol–water partition coefficient (Wildman–Crippen LogP) is 6.39. The molecule has 0 aliphatic carbocycles. The van der Waals surface area contributed by atoms with Gasteiger partial charge in [-0.1, -0.05) is 65.8 Å². The zero-order chi connectivity index (χ0) is 39.4. The molecule has 2 aromatic heterocycles. The number of carboxylic acid groups (broad SMARTS) is 2. The van der Waals surface area contributed by atoms with E-state index in [1.165, 1.54) is 0 Å². The molecule has 0 fully saturated rings. The van der Waals surface area contributed by atoms with Crippen LogP contribution in [0.4, 0.5) is 0 Å². The van der Waals surface area contributed by atoms with Gasteiger partial charge in [0.25, 0.3) is 0 Å². The summed E-state index contributed by atoms with van der Waals surface area (Å²) in [5.74, 6) is -1.52. The summed E-state index contributed by atoms with van der Waals surface area (Å²) in [7, 11) is 0. The van der Waals surface area contributed by atoms with Gasteiger partial charge in [0.2, 0.25) is 11.5 Å². The molecule has 292 valence electrons. The molecule has 4 aromatic rings. The second kappa shape index (κ2) is 24.9. The standard InChI is InChI=1S/2C18H20O5.2C2H7N.H2O/c2*1-4-5-12-6-7-14(22-9-8-11(2)3)16-13(19)10-15(18(20)21)23-17(12)16;2*1-2-3;/h2*4,6-7,10-11H,1,5,8-9H2,2-3H3,(H,20,21);2*2-3H2,1H3;1H2. The molecule has 0 atom stereocenters.